The van der Waals surface area contributed by atoms with Crippen LogP contribution >= 0.6 is 11.6 Å². The van der Waals surface area contributed by atoms with Crippen molar-refractivity contribution in [2.75, 3.05) is 20.3 Å². The van der Waals surface area contributed by atoms with Crippen LogP contribution in [0.2, 0.25) is 5.02 Å². The van der Waals surface area contributed by atoms with E-state index in [1.807, 2.05) is 12.1 Å². The highest BCUT2D eigenvalue weighted by molar-refractivity contribution is 6.30. The molecule has 1 N–H and O–H groups in total. The van der Waals surface area contributed by atoms with Gasteiger partial charge in [-0.2, -0.15) is 5.10 Å². The lowest BCUT2D eigenvalue weighted by atomic mass is 10.3. The lowest BCUT2D eigenvalue weighted by Gasteiger charge is -2.07. The molecular weight excluding hydrogens is 294 g/mol. The standard InChI is InChI=1S/C14H18ClN3O3/c1-20-8-5-13-16-14(18(17-13)6-7-19)10-21-12-4-2-3-11(15)9-12/h2-4,9,19H,5-8,10H2,1H3. The fourth-order valence-corrected chi connectivity index (χ4v) is 1.99. The van der Waals surface area contributed by atoms with Crippen molar-refractivity contribution in [3.05, 3.63) is 40.9 Å². The summed E-state index contributed by atoms with van der Waals surface area (Å²) in [6, 6.07) is 7.16. The maximum Gasteiger partial charge on any atom is 0.165 e. The highest BCUT2D eigenvalue weighted by Crippen LogP contribution is 2.18. The Morgan fingerprint density at radius 2 is 2.24 bits per heavy atom. The van der Waals surface area contributed by atoms with E-state index in [9.17, 15) is 0 Å². The number of aliphatic hydroxyl groups is 1. The number of aliphatic hydroxyl groups excluding tert-OH is 1. The van der Waals surface area contributed by atoms with Gasteiger partial charge in [0.2, 0.25) is 0 Å². The van der Waals surface area contributed by atoms with Crippen molar-refractivity contribution in [2.24, 2.45) is 0 Å². The molecule has 2 aromatic rings. The Hall–Kier alpha value is -1.63. The van der Waals surface area contributed by atoms with E-state index in [4.69, 9.17) is 26.2 Å². The number of aromatic nitrogens is 3. The molecule has 0 aliphatic carbocycles. The van der Waals surface area contributed by atoms with Gasteiger partial charge in [0, 0.05) is 18.6 Å². The number of benzene rings is 1. The van der Waals surface area contributed by atoms with Gasteiger partial charge < -0.3 is 14.6 Å². The molecule has 0 saturated carbocycles. The van der Waals surface area contributed by atoms with Gasteiger partial charge in [0.1, 0.15) is 12.4 Å². The Kier molecular flexibility index (Phi) is 5.98. The molecule has 0 radical (unpaired) electrons. The molecule has 0 saturated heterocycles. The molecule has 2 rings (SSSR count). The third-order valence-electron chi connectivity index (χ3n) is 2.80. The lowest BCUT2D eigenvalue weighted by Crippen LogP contribution is -2.11. The normalized spacial score (nSPS) is 10.8. The molecule has 1 heterocycles. The first-order valence-corrected chi connectivity index (χ1v) is 7.01. The smallest absolute Gasteiger partial charge is 0.165 e. The molecule has 0 fully saturated rings. The van der Waals surface area contributed by atoms with Crippen LogP contribution in [0.4, 0.5) is 0 Å². The molecule has 0 unspecified atom stereocenters. The zero-order valence-corrected chi connectivity index (χ0v) is 12.6. The maximum atomic E-state index is 9.08. The van der Waals surface area contributed by atoms with Gasteiger partial charge >= 0.3 is 0 Å². The van der Waals surface area contributed by atoms with Crippen LogP contribution in [0.3, 0.4) is 0 Å². The molecule has 21 heavy (non-hydrogen) atoms. The summed E-state index contributed by atoms with van der Waals surface area (Å²) in [5, 5.41) is 14.0. The van der Waals surface area contributed by atoms with Crippen molar-refractivity contribution in [1.29, 1.82) is 0 Å². The second-order valence-corrected chi connectivity index (χ2v) is 4.82. The molecule has 114 valence electrons. The fraction of sp³-hybridized carbons (Fsp3) is 0.429. The van der Waals surface area contributed by atoms with E-state index >= 15 is 0 Å². The molecule has 6 nitrogen and oxygen atoms in total. The summed E-state index contributed by atoms with van der Waals surface area (Å²) < 4.78 is 12.3. The van der Waals surface area contributed by atoms with Gasteiger partial charge in [-0.15, -0.1) is 0 Å². The second-order valence-electron chi connectivity index (χ2n) is 4.38. The summed E-state index contributed by atoms with van der Waals surface area (Å²) in [7, 11) is 1.63. The first-order chi connectivity index (χ1) is 10.2. The first-order valence-electron chi connectivity index (χ1n) is 6.63. The molecule has 1 aromatic carbocycles. The highest BCUT2D eigenvalue weighted by Gasteiger charge is 2.10. The van der Waals surface area contributed by atoms with Crippen molar-refractivity contribution in [3.8, 4) is 5.75 Å². The molecule has 0 atom stereocenters. The maximum absolute atomic E-state index is 9.08. The highest BCUT2D eigenvalue weighted by atomic mass is 35.5. The number of methoxy groups -OCH3 is 1. The summed E-state index contributed by atoms with van der Waals surface area (Å²) in [6.07, 6.45) is 0.624. The summed E-state index contributed by atoms with van der Waals surface area (Å²) in [6.45, 7) is 1.20. The van der Waals surface area contributed by atoms with Crippen LogP contribution in [-0.4, -0.2) is 40.2 Å². The number of rotatable bonds is 8. The van der Waals surface area contributed by atoms with Gasteiger partial charge in [-0.1, -0.05) is 17.7 Å². The van der Waals surface area contributed by atoms with Gasteiger partial charge in [-0.3, -0.25) is 0 Å². The van der Waals surface area contributed by atoms with E-state index in [1.54, 1.807) is 23.9 Å². The van der Waals surface area contributed by atoms with E-state index in [0.29, 0.717) is 42.0 Å². The van der Waals surface area contributed by atoms with Crippen LogP contribution in [0, 0.1) is 0 Å². The van der Waals surface area contributed by atoms with Crippen LogP contribution in [0.1, 0.15) is 11.6 Å². The first kappa shape index (κ1) is 15.8. The van der Waals surface area contributed by atoms with Gasteiger partial charge in [0.05, 0.1) is 19.8 Å². The van der Waals surface area contributed by atoms with Crippen molar-refractivity contribution in [3.63, 3.8) is 0 Å². The van der Waals surface area contributed by atoms with Gasteiger partial charge in [0.15, 0.2) is 11.6 Å². The average molecular weight is 312 g/mol. The second kappa shape index (κ2) is 7.97. The number of nitrogens with zero attached hydrogens (tertiary/aromatic N) is 3. The monoisotopic (exact) mass is 311 g/mol. The van der Waals surface area contributed by atoms with Crippen LogP contribution in [0.5, 0.6) is 5.75 Å². The van der Waals surface area contributed by atoms with Crippen molar-refractivity contribution >= 4 is 11.6 Å². The Bertz CT molecular complexity index is 574. The summed E-state index contributed by atoms with van der Waals surface area (Å²) in [5.74, 6) is 2.00. The molecule has 0 amide bonds. The predicted molar refractivity (Wildman–Crippen MR) is 78.5 cm³/mol. The Morgan fingerprint density at radius 3 is 2.95 bits per heavy atom. The topological polar surface area (TPSA) is 69.4 Å². The van der Waals surface area contributed by atoms with E-state index < -0.39 is 0 Å². The Balaban J connectivity index is 2.04. The minimum atomic E-state index is -0.00274. The fourth-order valence-electron chi connectivity index (χ4n) is 1.81. The van der Waals surface area contributed by atoms with E-state index in [1.165, 1.54) is 0 Å². The average Bonchev–Trinajstić information content (AvgIpc) is 2.86. The number of hydrogen-bond donors (Lipinski definition) is 1. The molecular formula is C14H18ClN3O3. The van der Waals surface area contributed by atoms with E-state index in [0.717, 1.165) is 0 Å². The lowest BCUT2D eigenvalue weighted by molar-refractivity contribution is 0.200. The van der Waals surface area contributed by atoms with Crippen LogP contribution in [-0.2, 0) is 24.3 Å². The summed E-state index contributed by atoms with van der Waals surface area (Å²) in [4.78, 5) is 4.41. The van der Waals surface area contributed by atoms with Crippen molar-refractivity contribution in [2.45, 2.75) is 19.6 Å². The van der Waals surface area contributed by atoms with Crippen molar-refractivity contribution in [1.82, 2.24) is 14.8 Å². The summed E-state index contributed by atoms with van der Waals surface area (Å²) in [5.41, 5.74) is 0. The van der Waals surface area contributed by atoms with Gasteiger partial charge in [-0.25, -0.2) is 9.67 Å². The molecule has 0 spiro atoms. The van der Waals surface area contributed by atoms with Gasteiger partial charge in [0.25, 0.3) is 0 Å². The largest absolute Gasteiger partial charge is 0.486 e. The predicted octanol–water partition coefficient (Wildman–Crippen LogP) is 1.69. The number of ether oxygens (including phenoxy) is 2. The van der Waals surface area contributed by atoms with Crippen molar-refractivity contribution < 1.29 is 14.6 Å². The number of hydrogen-bond acceptors (Lipinski definition) is 5. The molecule has 0 aliphatic heterocycles. The summed E-state index contributed by atoms with van der Waals surface area (Å²) >= 11 is 5.91. The third-order valence-corrected chi connectivity index (χ3v) is 3.03. The molecule has 7 heteroatoms. The quantitative estimate of drug-likeness (QED) is 0.803. The molecule has 0 aliphatic rings. The Labute approximate surface area is 128 Å². The number of halogens is 1. The Morgan fingerprint density at radius 1 is 1.38 bits per heavy atom. The minimum Gasteiger partial charge on any atom is -0.486 e. The zero-order chi connectivity index (χ0) is 15.1. The van der Waals surface area contributed by atoms with Crippen LogP contribution in [0.15, 0.2) is 24.3 Å². The minimum absolute atomic E-state index is 0.00274. The molecule has 0 bridgehead atoms. The van der Waals surface area contributed by atoms with E-state index in [2.05, 4.69) is 10.1 Å². The van der Waals surface area contributed by atoms with Crippen LogP contribution in [0.25, 0.3) is 0 Å². The SMILES string of the molecule is COCCc1nc(COc2cccc(Cl)c2)n(CCO)n1. The van der Waals surface area contributed by atoms with Gasteiger partial charge in [-0.05, 0) is 18.2 Å². The third kappa shape index (κ3) is 4.70. The van der Waals surface area contributed by atoms with E-state index in [-0.39, 0.29) is 13.2 Å². The molecule has 1 aromatic heterocycles. The van der Waals surface area contributed by atoms with Crippen LogP contribution < -0.4 is 4.74 Å². The zero-order valence-electron chi connectivity index (χ0n) is 11.8.